The van der Waals surface area contributed by atoms with Crippen molar-refractivity contribution in [1.82, 2.24) is 5.32 Å². The maximum absolute atomic E-state index is 11.8. The molecule has 2 N–H and O–H groups in total. The van der Waals surface area contributed by atoms with E-state index in [1.54, 1.807) is 0 Å². The Morgan fingerprint density at radius 1 is 1.43 bits per heavy atom. The van der Waals surface area contributed by atoms with Crippen molar-refractivity contribution in [2.45, 2.75) is 39.0 Å². The molecule has 116 valence electrons. The fourth-order valence-electron chi connectivity index (χ4n) is 2.29. The van der Waals surface area contributed by atoms with Gasteiger partial charge in [-0.1, -0.05) is 32.0 Å². The molecule has 4 heteroatoms. The first-order valence-corrected chi connectivity index (χ1v) is 7.69. The van der Waals surface area contributed by atoms with Crippen LogP contribution >= 0.6 is 0 Å². The highest BCUT2D eigenvalue weighted by Crippen LogP contribution is 2.44. The number of carbonyl (C=O) groups excluding carboxylic acids is 1. The van der Waals surface area contributed by atoms with Crippen LogP contribution < -0.4 is 10.1 Å². The van der Waals surface area contributed by atoms with Gasteiger partial charge in [0.2, 0.25) is 0 Å². The van der Waals surface area contributed by atoms with Crippen LogP contribution in [-0.2, 0) is 4.79 Å². The van der Waals surface area contributed by atoms with Gasteiger partial charge in [-0.15, -0.1) is 0 Å². The highest BCUT2D eigenvalue weighted by atomic mass is 16.5. The average Bonchev–Trinajstić information content (AvgIpc) is 3.31. The number of amides is 1. The minimum Gasteiger partial charge on any atom is -0.483 e. The molecule has 21 heavy (non-hydrogen) atoms. The second-order valence-corrected chi connectivity index (χ2v) is 6.07. The van der Waals surface area contributed by atoms with Crippen LogP contribution in [0.5, 0.6) is 5.75 Å². The summed E-state index contributed by atoms with van der Waals surface area (Å²) in [6.07, 6.45) is 3.01. The van der Waals surface area contributed by atoms with Gasteiger partial charge in [-0.05, 0) is 36.8 Å². The van der Waals surface area contributed by atoms with Crippen LogP contribution in [0.2, 0.25) is 0 Å². The molecule has 1 aromatic rings. The zero-order valence-electron chi connectivity index (χ0n) is 12.9. The molecule has 1 aromatic carbocycles. The van der Waals surface area contributed by atoms with Crippen molar-refractivity contribution in [1.29, 1.82) is 0 Å². The van der Waals surface area contributed by atoms with Crippen LogP contribution in [0.4, 0.5) is 0 Å². The molecule has 1 fully saturated rings. The number of aliphatic hydroxyl groups excluding tert-OH is 1. The summed E-state index contributed by atoms with van der Waals surface area (Å²) in [7, 11) is 0. The van der Waals surface area contributed by atoms with Gasteiger partial charge in [0, 0.05) is 12.0 Å². The SMILES string of the molecule is CCC(C)c1ccccc1OCC(=O)NCC1(CO)CC1. The smallest absolute Gasteiger partial charge is 0.257 e. The fourth-order valence-corrected chi connectivity index (χ4v) is 2.29. The van der Waals surface area contributed by atoms with E-state index in [4.69, 9.17) is 4.74 Å². The lowest BCUT2D eigenvalue weighted by atomic mass is 9.98. The number of nitrogens with one attached hydrogen (secondary N) is 1. The van der Waals surface area contributed by atoms with Crippen molar-refractivity contribution in [3.05, 3.63) is 29.8 Å². The number of carbonyl (C=O) groups is 1. The van der Waals surface area contributed by atoms with Crippen molar-refractivity contribution >= 4 is 5.91 Å². The Kier molecular flexibility index (Phi) is 5.23. The predicted molar refractivity (Wildman–Crippen MR) is 82.4 cm³/mol. The molecule has 0 radical (unpaired) electrons. The molecule has 1 atom stereocenters. The summed E-state index contributed by atoms with van der Waals surface area (Å²) in [5.74, 6) is 1.06. The van der Waals surface area contributed by atoms with Crippen molar-refractivity contribution in [3.63, 3.8) is 0 Å². The normalized spacial score (nSPS) is 17.1. The van der Waals surface area contributed by atoms with Crippen molar-refractivity contribution in [2.75, 3.05) is 19.8 Å². The van der Waals surface area contributed by atoms with Crippen LogP contribution in [0, 0.1) is 5.41 Å². The van der Waals surface area contributed by atoms with E-state index >= 15 is 0 Å². The lowest BCUT2D eigenvalue weighted by molar-refractivity contribution is -0.123. The van der Waals surface area contributed by atoms with E-state index in [0.29, 0.717) is 12.5 Å². The van der Waals surface area contributed by atoms with Gasteiger partial charge in [-0.2, -0.15) is 0 Å². The Hall–Kier alpha value is -1.55. The summed E-state index contributed by atoms with van der Waals surface area (Å²) < 4.78 is 5.67. The van der Waals surface area contributed by atoms with Crippen LogP contribution in [-0.4, -0.2) is 30.8 Å². The van der Waals surface area contributed by atoms with E-state index in [1.165, 1.54) is 0 Å². The number of rotatable bonds is 8. The number of ether oxygens (including phenoxy) is 1. The molecule has 4 nitrogen and oxygen atoms in total. The monoisotopic (exact) mass is 291 g/mol. The third-order valence-electron chi connectivity index (χ3n) is 4.37. The first-order valence-electron chi connectivity index (χ1n) is 7.69. The van der Waals surface area contributed by atoms with Crippen LogP contribution in [0.25, 0.3) is 0 Å². The van der Waals surface area contributed by atoms with Gasteiger partial charge in [-0.3, -0.25) is 4.79 Å². The van der Waals surface area contributed by atoms with E-state index in [1.807, 2.05) is 24.3 Å². The highest BCUT2D eigenvalue weighted by Gasteiger charge is 2.42. The zero-order chi connectivity index (χ0) is 15.3. The largest absolute Gasteiger partial charge is 0.483 e. The van der Waals surface area contributed by atoms with E-state index in [9.17, 15) is 9.90 Å². The lowest BCUT2D eigenvalue weighted by Gasteiger charge is -2.16. The molecule has 0 aromatic heterocycles. The predicted octanol–water partition coefficient (Wildman–Crippen LogP) is 2.47. The Labute approximate surface area is 126 Å². The molecule has 0 spiro atoms. The summed E-state index contributed by atoms with van der Waals surface area (Å²) in [4.78, 5) is 11.8. The Morgan fingerprint density at radius 2 is 2.14 bits per heavy atom. The molecule has 1 aliphatic rings. The Balaban J connectivity index is 1.84. The van der Waals surface area contributed by atoms with Crippen molar-refractivity contribution in [3.8, 4) is 5.75 Å². The molecule has 0 bridgehead atoms. The summed E-state index contributed by atoms with van der Waals surface area (Å²) in [5.41, 5.74) is 1.08. The van der Waals surface area contributed by atoms with E-state index in [2.05, 4.69) is 19.2 Å². The minimum absolute atomic E-state index is 0.0228. The molecule has 1 aliphatic carbocycles. The van der Waals surface area contributed by atoms with E-state index in [0.717, 1.165) is 30.6 Å². The molecule has 0 aliphatic heterocycles. The van der Waals surface area contributed by atoms with Crippen LogP contribution in [0.15, 0.2) is 24.3 Å². The summed E-state index contributed by atoms with van der Waals surface area (Å²) in [5, 5.41) is 12.1. The molecular weight excluding hydrogens is 266 g/mol. The van der Waals surface area contributed by atoms with Crippen LogP contribution in [0.3, 0.4) is 0 Å². The standard InChI is InChI=1S/C17H25NO3/c1-3-13(2)14-6-4-5-7-15(14)21-10-16(20)18-11-17(12-19)8-9-17/h4-7,13,19H,3,8-12H2,1-2H3,(H,18,20). The lowest BCUT2D eigenvalue weighted by Crippen LogP contribution is -2.35. The second-order valence-electron chi connectivity index (χ2n) is 6.07. The molecule has 0 saturated heterocycles. The van der Waals surface area contributed by atoms with Gasteiger partial charge in [0.25, 0.3) is 5.91 Å². The number of aliphatic hydroxyl groups is 1. The van der Waals surface area contributed by atoms with E-state index in [-0.39, 0.29) is 24.5 Å². The fraction of sp³-hybridized carbons (Fsp3) is 0.588. The van der Waals surface area contributed by atoms with Gasteiger partial charge in [-0.25, -0.2) is 0 Å². The van der Waals surface area contributed by atoms with Crippen molar-refractivity contribution in [2.24, 2.45) is 5.41 Å². The van der Waals surface area contributed by atoms with Crippen molar-refractivity contribution < 1.29 is 14.6 Å². The second kappa shape index (κ2) is 6.94. The Morgan fingerprint density at radius 3 is 2.76 bits per heavy atom. The van der Waals surface area contributed by atoms with Gasteiger partial charge in [0.1, 0.15) is 5.75 Å². The molecule has 2 rings (SSSR count). The quantitative estimate of drug-likeness (QED) is 0.773. The average molecular weight is 291 g/mol. The first kappa shape index (κ1) is 15.8. The summed E-state index contributed by atoms with van der Waals surface area (Å²) >= 11 is 0. The number of benzene rings is 1. The Bertz CT molecular complexity index is 483. The molecule has 0 heterocycles. The van der Waals surface area contributed by atoms with Crippen LogP contribution in [0.1, 0.15) is 44.6 Å². The molecule has 1 saturated carbocycles. The maximum Gasteiger partial charge on any atom is 0.257 e. The topological polar surface area (TPSA) is 58.6 Å². The molecular formula is C17H25NO3. The zero-order valence-corrected chi connectivity index (χ0v) is 12.9. The highest BCUT2D eigenvalue weighted by molar-refractivity contribution is 5.77. The molecule has 1 amide bonds. The summed E-state index contributed by atoms with van der Waals surface area (Å²) in [6.45, 7) is 5.00. The summed E-state index contributed by atoms with van der Waals surface area (Å²) in [6, 6.07) is 7.87. The maximum atomic E-state index is 11.8. The van der Waals surface area contributed by atoms with Gasteiger partial charge in [0.05, 0.1) is 6.61 Å². The van der Waals surface area contributed by atoms with E-state index < -0.39 is 0 Å². The van der Waals surface area contributed by atoms with Gasteiger partial charge < -0.3 is 15.2 Å². The number of para-hydroxylation sites is 1. The number of hydrogen-bond donors (Lipinski definition) is 2. The van der Waals surface area contributed by atoms with Gasteiger partial charge >= 0.3 is 0 Å². The minimum atomic E-state index is -0.131. The number of hydrogen-bond acceptors (Lipinski definition) is 3. The van der Waals surface area contributed by atoms with Gasteiger partial charge in [0.15, 0.2) is 6.61 Å². The third kappa shape index (κ3) is 4.21. The third-order valence-corrected chi connectivity index (χ3v) is 4.37. The first-order chi connectivity index (χ1) is 10.1. The molecule has 1 unspecified atom stereocenters.